The number of hydrogen-bond donors (Lipinski definition) is 1. The molecule has 0 radical (unpaired) electrons. The molecule has 106 valence electrons. The van der Waals surface area contributed by atoms with Crippen molar-refractivity contribution in [2.75, 3.05) is 0 Å². The lowest BCUT2D eigenvalue weighted by atomic mass is 10.1. The van der Waals surface area contributed by atoms with Crippen molar-refractivity contribution in [3.8, 4) is 11.5 Å². The van der Waals surface area contributed by atoms with Gasteiger partial charge in [-0.05, 0) is 30.3 Å². The third-order valence-corrected chi connectivity index (χ3v) is 3.62. The Morgan fingerprint density at radius 1 is 0.952 bits per heavy atom. The Hall–Kier alpha value is -2.10. The molecular weight excluding hydrogens is 289 g/mol. The van der Waals surface area contributed by atoms with Crippen molar-refractivity contribution in [1.29, 1.82) is 0 Å². The van der Waals surface area contributed by atoms with Gasteiger partial charge in [-0.2, -0.15) is 0 Å². The third kappa shape index (κ3) is 2.71. The molecule has 3 aromatic carbocycles. The maximum absolute atomic E-state index is 13.3. The van der Waals surface area contributed by atoms with E-state index in [1.807, 2.05) is 24.3 Å². The molecule has 0 fully saturated rings. The van der Waals surface area contributed by atoms with E-state index >= 15 is 0 Å². The molecule has 4 heteroatoms. The van der Waals surface area contributed by atoms with Crippen LogP contribution in [0.4, 0.5) is 4.39 Å². The summed E-state index contributed by atoms with van der Waals surface area (Å²) < 4.78 is 19.2. The molecule has 2 nitrogen and oxygen atoms in total. The summed E-state index contributed by atoms with van der Waals surface area (Å²) in [6.07, 6.45) is 0. The second kappa shape index (κ2) is 5.72. The lowest BCUT2D eigenvalue weighted by Gasteiger charge is -2.13. The van der Waals surface area contributed by atoms with Crippen LogP contribution in [-0.4, -0.2) is 0 Å². The van der Waals surface area contributed by atoms with Crippen molar-refractivity contribution < 1.29 is 9.13 Å². The Morgan fingerprint density at radius 3 is 2.43 bits per heavy atom. The predicted molar refractivity (Wildman–Crippen MR) is 83.3 cm³/mol. The molecule has 0 amide bonds. The van der Waals surface area contributed by atoms with Crippen LogP contribution in [0.15, 0.2) is 54.6 Å². The molecule has 2 N–H and O–H groups in total. The lowest BCUT2D eigenvalue weighted by molar-refractivity contribution is 0.479. The second-order valence-electron chi connectivity index (χ2n) is 4.65. The van der Waals surface area contributed by atoms with Crippen molar-refractivity contribution in [3.63, 3.8) is 0 Å². The topological polar surface area (TPSA) is 35.2 Å². The number of hydrogen-bond acceptors (Lipinski definition) is 2. The minimum atomic E-state index is -0.330. The van der Waals surface area contributed by atoms with E-state index in [4.69, 9.17) is 22.1 Å². The quantitative estimate of drug-likeness (QED) is 0.748. The van der Waals surface area contributed by atoms with Crippen LogP contribution in [0.3, 0.4) is 0 Å². The highest BCUT2D eigenvalue weighted by molar-refractivity contribution is 6.35. The van der Waals surface area contributed by atoms with E-state index in [1.165, 1.54) is 12.1 Å². The average Bonchev–Trinajstić information content (AvgIpc) is 2.52. The highest BCUT2D eigenvalue weighted by Crippen LogP contribution is 2.35. The first-order chi connectivity index (χ1) is 10.2. The largest absolute Gasteiger partial charge is 0.456 e. The van der Waals surface area contributed by atoms with Gasteiger partial charge in [0.05, 0.1) is 0 Å². The molecule has 0 aliphatic rings. The van der Waals surface area contributed by atoms with Crippen LogP contribution in [0, 0.1) is 5.82 Å². The maximum Gasteiger partial charge on any atom is 0.135 e. The molecule has 0 aromatic heterocycles. The Balaban J connectivity index is 2.09. The van der Waals surface area contributed by atoms with Gasteiger partial charge >= 0.3 is 0 Å². The molecule has 21 heavy (non-hydrogen) atoms. The van der Waals surface area contributed by atoms with E-state index in [-0.39, 0.29) is 12.4 Å². The summed E-state index contributed by atoms with van der Waals surface area (Å²) in [5.74, 6) is 0.881. The first-order valence-electron chi connectivity index (χ1n) is 6.52. The molecule has 3 aromatic rings. The minimum absolute atomic E-state index is 0.207. The fourth-order valence-corrected chi connectivity index (χ4v) is 2.48. The van der Waals surface area contributed by atoms with E-state index in [2.05, 4.69) is 0 Å². The van der Waals surface area contributed by atoms with Gasteiger partial charge in [0.2, 0.25) is 0 Å². The standard InChI is InChI=1S/C17H13ClFNO/c18-15-6-8-17(14-4-2-1-3-13(14)15)21-16-7-5-12(19)9-11(16)10-20/h1-9H,10,20H2. The van der Waals surface area contributed by atoms with Gasteiger partial charge in [-0.3, -0.25) is 0 Å². The maximum atomic E-state index is 13.3. The van der Waals surface area contributed by atoms with Crippen LogP contribution in [0.25, 0.3) is 10.8 Å². The summed E-state index contributed by atoms with van der Waals surface area (Å²) in [6.45, 7) is 0.207. The zero-order valence-corrected chi connectivity index (χ0v) is 11.9. The van der Waals surface area contributed by atoms with Crippen molar-refractivity contribution in [1.82, 2.24) is 0 Å². The molecule has 0 unspecified atom stereocenters. The first-order valence-corrected chi connectivity index (χ1v) is 6.90. The molecule has 0 aliphatic carbocycles. The smallest absolute Gasteiger partial charge is 0.135 e. The van der Waals surface area contributed by atoms with Crippen LogP contribution in [0.1, 0.15) is 5.56 Å². The number of ether oxygens (including phenoxy) is 1. The third-order valence-electron chi connectivity index (χ3n) is 3.29. The molecule has 3 rings (SSSR count). The molecule has 0 saturated carbocycles. The highest BCUT2D eigenvalue weighted by Gasteiger charge is 2.09. The average molecular weight is 302 g/mol. The van der Waals surface area contributed by atoms with Gasteiger partial charge in [0.25, 0.3) is 0 Å². The fraction of sp³-hybridized carbons (Fsp3) is 0.0588. The van der Waals surface area contributed by atoms with Crippen molar-refractivity contribution in [3.05, 3.63) is 71.0 Å². The Bertz CT molecular complexity index is 804. The van der Waals surface area contributed by atoms with E-state index in [0.717, 1.165) is 10.8 Å². The second-order valence-corrected chi connectivity index (χ2v) is 5.06. The van der Waals surface area contributed by atoms with Crippen LogP contribution in [0.2, 0.25) is 5.02 Å². The number of halogens is 2. The number of nitrogens with two attached hydrogens (primary N) is 1. The molecule has 0 saturated heterocycles. The van der Waals surface area contributed by atoms with Crippen molar-refractivity contribution in [2.24, 2.45) is 5.73 Å². The van der Waals surface area contributed by atoms with Gasteiger partial charge in [-0.25, -0.2) is 4.39 Å². The molecule has 0 atom stereocenters. The fourth-order valence-electron chi connectivity index (χ4n) is 2.25. The predicted octanol–water partition coefficient (Wildman–Crippen LogP) is 4.88. The molecule has 0 heterocycles. The van der Waals surface area contributed by atoms with Gasteiger partial charge < -0.3 is 10.5 Å². The normalized spacial score (nSPS) is 10.8. The molecule has 0 aliphatic heterocycles. The van der Waals surface area contributed by atoms with Crippen molar-refractivity contribution >= 4 is 22.4 Å². The van der Waals surface area contributed by atoms with Crippen LogP contribution in [-0.2, 0) is 6.54 Å². The summed E-state index contributed by atoms with van der Waals surface area (Å²) in [5.41, 5.74) is 6.26. The van der Waals surface area contributed by atoms with Gasteiger partial charge in [-0.1, -0.05) is 35.9 Å². The van der Waals surface area contributed by atoms with Gasteiger partial charge in [-0.15, -0.1) is 0 Å². The highest BCUT2D eigenvalue weighted by atomic mass is 35.5. The van der Waals surface area contributed by atoms with Crippen LogP contribution >= 0.6 is 11.6 Å². The van der Waals surface area contributed by atoms with Crippen LogP contribution < -0.4 is 10.5 Å². The number of benzene rings is 3. The summed E-state index contributed by atoms with van der Waals surface area (Å²) in [6, 6.07) is 15.6. The van der Waals surface area contributed by atoms with E-state index in [9.17, 15) is 4.39 Å². The minimum Gasteiger partial charge on any atom is -0.456 e. The zero-order valence-electron chi connectivity index (χ0n) is 11.1. The van der Waals surface area contributed by atoms with E-state index in [0.29, 0.717) is 22.1 Å². The van der Waals surface area contributed by atoms with E-state index < -0.39 is 0 Å². The first kappa shape index (κ1) is 13.9. The zero-order chi connectivity index (χ0) is 14.8. The van der Waals surface area contributed by atoms with Crippen LogP contribution in [0.5, 0.6) is 11.5 Å². The molecular formula is C17H13ClFNO. The number of rotatable bonds is 3. The Labute approximate surface area is 126 Å². The van der Waals surface area contributed by atoms with Crippen molar-refractivity contribution in [2.45, 2.75) is 6.54 Å². The monoisotopic (exact) mass is 301 g/mol. The van der Waals surface area contributed by atoms with Gasteiger partial charge in [0.1, 0.15) is 17.3 Å². The van der Waals surface area contributed by atoms with Gasteiger partial charge in [0, 0.05) is 27.9 Å². The molecule has 0 spiro atoms. The Kier molecular flexibility index (Phi) is 3.78. The lowest BCUT2D eigenvalue weighted by Crippen LogP contribution is -2.00. The van der Waals surface area contributed by atoms with E-state index in [1.54, 1.807) is 18.2 Å². The molecule has 0 bridgehead atoms. The Morgan fingerprint density at radius 2 is 1.67 bits per heavy atom. The van der Waals surface area contributed by atoms with Gasteiger partial charge in [0.15, 0.2) is 0 Å². The SMILES string of the molecule is NCc1cc(F)ccc1Oc1ccc(Cl)c2ccccc12. The summed E-state index contributed by atoms with van der Waals surface area (Å²) in [7, 11) is 0. The summed E-state index contributed by atoms with van der Waals surface area (Å²) in [4.78, 5) is 0. The summed E-state index contributed by atoms with van der Waals surface area (Å²) in [5, 5.41) is 2.47. The number of fused-ring (bicyclic) bond motifs is 1. The summed E-state index contributed by atoms with van der Waals surface area (Å²) >= 11 is 6.19.